The van der Waals surface area contributed by atoms with Gasteiger partial charge < -0.3 is 41.1 Å². The van der Waals surface area contributed by atoms with Crippen molar-refractivity contribution < 1.29 is 39.3 Å². The molecule has 0 saturated carbocycles. The second kappa shape index (κ2) is 20.7. The summed E-state index contributed by atoms with van der Waals surface area (Å²) < 4.78 is 14.8. The van der Waals surface area contributed by atoms with E-state index in [1.54, 1.807) is 6.08 Å². The second-order valence-electron chi connectivity index (χ2n) is 11.3. The van der Waals surface area contributed by atoms with Crippen LogP contribution in [0.15, 0.2) is 12.2 Å². The third-order valence-corrected chi connectivity index (χ3v) is 9.70. The predicted octanol–water partition coefficient (Wildman–Crippen LogP) is 2.51. The minimum atomic E-state index is -4.78. The molecule has 13 heteroatoms. The number of unbranched alkanes of at least 4 members (excludes halogenated alkanes) is 12. The van der Waals surface area contributed by atoms with Crippen LogP contribution >= 0.6 is 19.6 Å². The van der Waals surface area contributed by atoms with Crippen LogP contribution < -0.4 is 26.6 Å². The molecular formula is C28H53N4O7PS. The molecule has 0 spiro atoms. The maximum Gasteiger partial charge on any atom is 0.315 e. The van der Waals surface area contributed by atoms with Crippen molar-refractivity contribution in [2.24, 2.45) is 0 Å². The Morgan fingerprint density at radius 3 is 2.37 bits per heavy atom. The highest BCUT2D eigenvalue weighted by Gasteiger charge is 2.42. The van der Waals surface area contributed by atoms with E-state index in [1.807, 2.05) is 17.8 Å². The molecule has 6 unspecified atom stereocenters. The van der Waals surface area contributed by atoms with Crippen LogP contribution in [0.2, 0.25) is 0 Å². The molecule has 0 radical (unpaired) electrons. The Hall–Kier alpha value is -1.14. The first-order valence-electron chi connectivity index (χ1n) is 15.5. The number of urea groups is 1. The van der Waals surface area contributed by atoms with Crippen LogP contribution in [0.1, 0.15) is 103 Å². The standard InChI is InChI=1S/C28H53N4O7PS/c29-22(20-39-40(36,37)38)24(33)16-12-10-8-6-4-2-1-3-5-7-9-11-15-19-30-26(34)18-14-13-17-25-27-23(21-41-25)31-28(35)32-27/h12,16,22-25,27,33H,1-11,13-15,17-21,29H2,(H,30,34)(H2,31,32,35)(H2,36,37,38). The highest BCUT2D eigenvalue weighted by atomic mass is 32.2. The normalized spacial score (nSPS) is 23.1. The van der Waals surface area contributed by atoms with E-state index in [9.17, 15) is 24.2 Å². The van der Waals surface area contributed by atoms with Crippen LogP contribution in [-0.2, 0) is 13.9 Å². The minimum absolute atomic E-state index is 0.0447. The molecule has 2 saturated heterocycles. The number of phosphoric acid groups is 1. The molecule has 0 aromatic rings. The molecule has 2 rings (SSSR count). The number of rotatable bonds is 24. The molecule has 0 aromatic heterocycles. The van der Waals surface area contributed by atoms with Crippen LogP contribution in [0.5, 0.6) is 0 Å². The van der Waals surface area contributed by atoms with Gasteiger partial charge in [-0.3, -0.25) is 9.36 Å². The molecule has 0 aromatic carbocycles. The van der Waals surface area contributed by atoms with Gasteiger partial charge in [-0.1, -0.05) is 76.4 Å². The summed E-state index contributed by atoms with van der Waals surface area (Å²) in [4.78, 5) is 42.7. The SMILES string of the molecule is [NH3+]C(COP(=O)([O-])O)C(O)C=CCCCCCCCCCCCCCNC(=O)CCCCC1SCC2NC(=O)NC21. The van der Waals surface area contributed by atoms with Gasteiger partial charge in [-0.05, 0) is 32.1 Å². The molecule has 2 heterocycles. The van der Waals surface area contributed by atoms with Gasteiger partial charge >= 0.3 is 6.03 Å². The molecule has 11 nitrogen and oxygen atoms in total. The zero-order chi connectivity index (χ0) is 29.9. The summed E-state index contributed by atoms with van der Waals surface area (Å²) in [5.41, 5.74) is 3.64. The summed E-state index contributed by atoms with van der Waals surface area (Å²) in [6, 6.07) is -0.197. The van der Waals surface area contributed by atoms with Gasteiger partial charge in [0.2, 0.25) is 5.91 Å². The van der Waals surface area contributed by atoms with Crippen LogP contribution in [0.4, 0.5) is 4.79 Å². The number of aliphatic hydroxyl groups is 1. The number of hydrogen-bond acceptors (Lipinski definition) is 7. The fourth-order valence-corrected chi connectivity index (χ4v) is 7.17. The van der Waals surface area contributed by atoms with Crippen molar-refractivity contribution in [2.45, 2.75) is 132 Å². The summed E-state index contributed by atoms with van der Waals surface area (Å²) >= 11 is 1.92. The van der Waals surface area contributed by atoms with Gasteiger partial charge in [0.1, 0.15) is 18.8 Å². The first-order chi connectivity index (χ1) is 19.7. The zero-order valence-corrected chi connectivity index (χ0v) is 26.2. The number of nitrogens with one attached hydrogen (secondary N) is 3. The van der Waals surface area contributed by atoms with E-state index < -0.39 is 20.0 Å². The number of aliphatic hydroxyl groups excluding tert-OH is 1. The molecule has 2 aliphatic heterocycles. The molecule has 3 amide bonds. The molecule has 6 atom stereocenters. The number of carbonyl (C=O) groups is 2. The molecule has 238 valence electrons. The average Bonchev–Trinajstić information content (AvgIpc) is 3.47. The van der Waals surface area contributed by atoms with E-state index in [1.165, 1.54) is 44.9 Å². The van der Waals surface area contributed by atoms with Crippen LogP contribution in [0.25, 0.3) is 0 Å². The lowest BCUT2D eigenvalue weighted by atomic mass is 10.0. The number of amides is 3. The third kappa shape index (κ3) is 16.9. The number of allylic oxidation sites excluding steroid dienone is 1. The maximum atomic E-state index is 12.1. The third-order valence-electron chi connectivity index (χ3n) is 7.72. The van der Waals surface area contributed by atoms with E-state index in [0.29, 0.717) is 11.7 Å². The second-order valence-corrected chi connectivity index (χ2v) is 13.8. The Labute approximate surface area is 249 Å². The Bertz CT molecular complexity index is 831. The highest BCUT2D eigenvalue weighted by molar-refractivity contribution is 8.00. The first kappa shape index (κ1) is 36.1. The Morgan fingerprint density at radius 1 is 1.07 bits per heavy atom. The van der Waals surface area contributed by atoms with E-state index in [4.69, 9.17) is 4.89 Å². The fraction of sp³-hybridized carbons (Fsp3) is 0.857. The van der Waals surface area contributed by atoms with Crippen molar-refractivity contribution in [1.29, 1.82) is 0 Å². The molecule has 0 bridgehead atoms. The topological polar surface area (TPSA) is 188 Å². The Morgan fingerprint density at radius 2 is 1.71 bits per heavy atom. The van der Waals surface area contributed by atoms with Crippen LogP contribution in [0, 0.1) is 0 Å². The van der Waals surface area contributed by atoms with E-state index in [2.05, 4.69) is 26.2 Å². The van der Waals surface area contributed by atoms with Crippen LogP contribution in [-0.4, -0.2) is 70.3 Å². The molecule has 8 N–H and O–H groups in total. The molecular weight excluding hydrogens is 567 g/mol. The van der Waals surface area contributed by atoms with Crippen molar-refractivity contribution in [3.8, 4) is 0 Å². The maximum absolute atomic E-state index is 12.1. The van der Waals surface area contributed by atoms with Gasteiger partial charge in [-0.2, -0.15) is 11.8 Å². The fourth-order valence-electron chi connectivity index (χ4n) is 5.25. The molecule has 2 fully saturated rings. The molecule has 41 heavy (non-hydrogen) atoms. The summed E-state index contributed by atoms with van der Waals surface area (Å²) in [5.74, 6) is 1.13. The molecule has 0 aliphatic carbocycles. The summed E-state index contributed by atoms with van der Waals surface area (Å²) in [6.45, 7) is 0.414. The van der Waals surface area contributed by atoms with E-state index in [0.717, 1.165) is 63.7 Å². The van der Waals surface area contributed by atoms with Gasteiger partial charge in [0.15, 0.2) is 0 Å². The lowest BCUT2D eigenvalue weighted by Gasteiger charge is -2.18. The predicted molar refractivity (Wildman–Crippen MR) is 160 cm³/mol. The number of carbonyl (C=O) groups excluding carboxylic acids is 2. The van der Waals surface area contributed by atoms with Crippen molar-refractivity contribution >= 4 is 31.5 Å². The monoisotopic (exact) mass is 620 g/mol. The zero-order valence-electron chi connectivity index (χ0n) is 24.5. The first-order valence-corrected chi connectivity index (χ1v) is 18.0. The summed E-state index contributed by atoms with van der Waals surface area (Å²) in [7, 11) is -4.78. The largest absolute Gasteiger partial charge is 0.756 e. The lowest BCUT2D eigenvalue weighted by molar-refractivity contribution is -0.438. The van der Waals surface area contributed by atoms with Crippen molar-refractivity contribution in [3.05, 3.63) is 12.2 Å². The summed E-state index contributed by atoms with van der Waals surface area (Å²) in [6.07, 6.45) is 20.1. The molecule has 2 aliphatic rings. The number of fused-ring (bicyclic) bond motifs is 1. The van der Waals surface area contributed by atoms with Gasteiger partial charge in [0.25, 0.3) is 7.82 Å². The Kier molecular flexibility index (Phi) is 18.2. The van der Waals surface area contributed by atoms with Crippen molar-refractivity contribution in [3.63, 3.8) is 0 Å². The summed E-state index contributed by atoms with van der Waals surface area (Å²) in [5, 5.41) is 19.4. The van der Waals surface area contributed by atoms with Gasteiger partial charge in [0.05, 0.1) is 12.1 Å². The van der Waals surface area contributed by atoms with Crippen molar-refractivity contribution in [2.75, 3.05) is 18.9 Å². The van der Waals surface area contributed by atoms with E-state index >= 15 is 0 Å². The quantitative estimate of drug-likeness (QED) is 0.0411. The lowest BCUT2D eigenvalue weighted by Crippen LogP contribution is -2.68. The number of quaternary nitrogens is 1. The van der Waals surface area contributed by atoms with Gasteiger partial charge in [-0.15, -0.1) is 0 Å². The smallest absolute Gasteiger partial charge is 0.315 e. The van der Waals surface area contributed by atoms with Gasteiger partial charge in [-0.25, -0.2) is 4.79 Å². The van der Waals surface area contributed by atoms with Crippen LogP contribution in [0.3, 0.4) is 0 Å². The van der Waals surface area contributed by atoms with E-state index in [-0.39, 0.29) is 30.6 Å². The number of phosphoric ester groups is 1. The Balaban J connectivity index is 1.28. The highest BCUT2D eigenvalue weighted by Crippen LogP contribution is 2.33. The minimum Gasteiger partial charge on any atom is -0.756 e. The average molecular weight is 621 g/mol. The number of hydrogen-bond donors (Lipinski definition) is 6. The number of thioether (sulfide) groups is 1. The van der Waals surface area contributed by atoms with Crippen molar-refractivity contribution in [1.82, 2.24) is 16.0 Å². The van der Waals surface area contributed by atoms with Gasteiger partial charge in [0, 0.05) is 24.0 Å².